The number of carboxylic acid groups (broad SMARTS) is 1. The molecule has 2 fully saturated rings. The number of aliphatic carboxylic acids is 1. The number of carbonyl (C=O) groups is 1. The number of nitriles is 1. The molecule has 5 aromatic rings. The third-order valence-corrected chi connectivity index (χ3v) is 10.5. The first kappa shape index (κ1) is 34.5. The van der Waals surface area contributed by atoms with Crippen LogP contribution in [0.1, 0.15) is 29.5 Å². The summed E-state index contributed by atoms with van der Waals surface area (Å²) in [5, 5.41) is 39.3. The second-order valence-electron chi connectivity index (χ2n) is 13.4. The summed E-state index contributed by atoms with van der Waals surface area (Å²) in [5.41, 5.74) is 6.86. The molecule has 0 bridgehead atoms. The Labute approximate surface area is 300 Å². The summed E-state index contributed by atoms with van der Waals surface area (Å²) >= 11 is 7.15. The van der Waals surface area contributed by atoms with E-state index in [1.165, 1.54) is 0 Å². The predicted octanol–water partition coefficient (Wildman–Crippen LogP) is 5.92. The summed E-state index contributed by atoms with van der Waals surface area (Å²) in [6.07, 6.45) is 2.71. The van der Waals surface area contributed by atoms with Crippen molar-refractivity contribution in [2.24, 2.45) is 5.92 Å². The molecule has 3 aromatic heterocycles. The van der Waals surface area contributed by atoms with Gasteiger partial charge in [0.05, 0.1) is 35.2 Å². The monoisotopic (exact) mass is 706 g/mol. The van der Waals surface area contributed by atoms with Gasteiger partial charge in [0.25, 0.3) is 0 Å². The number of carboxylic acids is 1. The quantitative estimate of drug-likeness (QED) is 0.161. The molecule has 3 N–H and O–H groups in total. The Balaban J connectivity index is 1.19. The Hall–Kier alpha value is -4.99. The van der Waals surface area contributed by atoms with Crippen LogP contribution in [0.3, 0.4) is 0 Å². The molecule has 12 heteroatoms. The number of hydrogen-bond acceptors (Lipinski definition) is 9. The van der Waals surface area contributed by atoms with Crippen molar-refractivity contribution < 1.29 is 24.2 Å². The molecule has 0 amide bonds. The second-order valence-corrected chi connectivity index (χ2v) is 13.7. The molecule has 2 aliphatic heterocycles. The van der Waals surface area contributed by atoms with Crippen molar-refractivity contribution >= 4 is 28.5 Å². The largest absolute Gasteiger partial charge is 0.481 e. The van der Waals surface area contributed by atoms with Crippen molar-refractivity contribution in [3.05, 3.63) is 88.0 Å². The van der Waals surface area contributed by atoms with E-state index in [4.69, 9.17) is 31.1 Å². The lowest BCUT2D eigenvalue weighted by atomic mass is 9.93. The van der Waals surface area contributed by atoms with Crippen LogP contribution >= 0.6 is 11.6 Å². The lowest BCUT2D eigenvalue weighted by Gasteiger charge is -2.18. The van der Waals surface area contributed by atoms with Crippen LogP contribution in [0.5, 0.6) is 5.88 Å². The molecule has 0 spiro atoms. The Morgan fingerprint density at radius 1 is 1.06 bits per heavy atom. The minimum Gasteiger partial charge on any atom is -0.481 e. The number of nitrogens with zero attached hydrogens (tertiary/aromatic N) is 5. The Morgan fingerprint density at radius 3 is 2.51 bits per heavy atom. The van der Waals surface area contributed by atoms with E-state index in [0.29, 0.717) is 84.4 Å². The van der Waals surface area contributed by atoms with E-state index >= 15 is 0 Å². The number of fused-ring (bicyclic) bond motifs is 1. The van der Waals surface area contributed by atoms with Gasteiger partial charge >= 0.3 is 5.97 Å². The van der Waals surface area contributed by atoms with Crippen LogP contribution in [-0.4, -0.2) is 81.5 Å². The maximum absolute atomic E-state index is 11.4. The van der Waals surface area contributed by atoms with Gasteiger partial charge in [0, 0.05) is 67.7 Å². The highest BCUT2D eigenvalue weighted by Crippen LogP contribution is 2.41. The molecule has 0 radical (unpaired) electrons. The summed E-state index contributed by atoms with van der Waals surface area (Å²) in [4.78, 5) is 20.5. The maximum atomic E-state index is 11.4. The van der Waals surface area contributed by atoms with Gasteiger partial charge in [0.2, 0.25) is 5.88 Å². The van der Waals surface area contributed by atoms with Gasteiger partial charge < -0.3 is 28.8 Å². The first-order valence-corrected chi connectivity index (χ1v) is 17.4. The molecule has 51 heavy (non-hydrogen) atoms. The molecule has 2 atom stereocenters. The fourth-order valence-electron chi connectivity index (χ4n) is 7.32. The fraction of sp³-hybridized carbons (Fsp3) is 0.333. The number of halogens is 1. The van der Waals surface area contributed by atoms with Gasteiger partial charge in [0.1, 0.15) is 22.9 Å². The summed E-state index contributed by atoms with van der Waals surface area (Å²) in [5.74, 6) is -0.155. The predicted molar refractivity (Wildman–Crippen MR) is 193 cm³/mol. The smallest absolute Gasteiger partial charge is 0.307 e. The molecule has 7 rings (SSSR count). The van der Waals surface area contributed by atoms with Crippen LogP contribution in [0.4, 0.5) is 0 Å². The number of nitrogens with one attached hydrogen (secondary N) is 1. The number of aliphatic hydroxyl groups excluding tert-OH is 1. The standard InChI is InChI=1S/C39H39ClN6O5/c1-23-28(5-3-6-29(23)33-10-9-24(38(43-33)50-2)19-45-14-12-27(47)22-45)30-7-4-8-31(35(30)40)34-17-32-36(51-34)26(18-41)21-46(37(32)42)16-15-44-13-11-25(20-44)39(48)49/h3-10,17,21,25,27,42,47H,11-16,19-20,22H2,1-2H3,(H,48,49)/t25-,27-/m1/s1. The van der Waals surface area contributed by atoms with Gasteiger partial charge in [0.15, 0.2) is 5.58 Å². The lowest BCUT2D eigenvalue weighted by Crippen LogP contribution is -2.30. The number of aromatic nitrogens is 2. The number of furan rings is 1. The average molecular weight is 707 g/mol. The third-order valence-electron chi connectivity index (χ3n) is 10.1. The lowest BCUT2D eigenvalue weighted by molar-refractivity contribution is -0.141. The molecule has 2 aromatic carbocycles. The SMILES string of the molecule is COc1nc(-c2cccc(-c3cccc(-c4cc5c(=N)n(CCN6CC[C@@H](C(=O)O)C6)cc(C#N)c5o4)c3Cl)c2C)ccc1CN1CC[C@@H](O)C1. The normalized spacial score (nSPS) is 18.0. The zero-order valence-electron chi connectivity index (χ0n) is 28.5. The Morgan fingerprint density at radius 2 is 1.80 bits per heavy atom. The maximum Gasteiger partial charge on any atom is 0.307 e. The van der Waals surface area contributed by atoms with Crippen molar-refractivity contribution in [2.75, 3.05) is 39.8 Å². The van der Waals surface area contributed by atoms with E-state index in [1.54, 1.807) is 23.9 Å². The minimum atomic E-state index is -0.782. The van der Waals surface area contributed by atoms with Gasteiger partial charge in [-0.2, -0.15) is 5.26 Å². The Bertz CT molecular complexity index is 2240. The number of likely N-dealkylation sites (tertiary alicyclic amines) is 2. The van der Waals surface area contributed by atoms with Crippen molar-refractivity contribution in [3.8, 4) is 45.7 Å². The summed E-state index contributed by atoms with van der Waals surface area (Å²) < 4.78 is 13.7. The fourth-order valence-corrected chi connectivity index (χ4v) is 7.65. The van der Waals surface area contributed by atoms with E-state index in [2.05, 4.69) is 15.9 Å². The van der Waals surface area contributed by atoms with Crippen LogP contribution in [-0.2, 0) is 17.9 Å². The molecule has 0 unspecified atom stereocenters. The van der Waals surface area contributed by atoms with Crippen molar-refractivity contribution in [1.29, 1.82) is 10.7 Å². The number of β-amino-alcohol motifs (C(OH)–C–C–N with tert-alkyl or cyclic N) is 1. The van der Waals surface area contributed by atoms with Crippen LogP contribution in [0.15, 0.2) is 65.2 Å². The van der Waals surface area contributed by atoms with Crippen LogP contribution in [0.25, 0.3) is 44.7 Å². The topological polar surface area (TPSA) is 152 Å². The highest BCUT2D eigenvalue weighted by Gasteiger charge is 2.28. The van der Waals surface area contributed by atoms with Gasteiger partial charge in [-0.1, -0.05) is 48.0 Å². The van der Waals surface area contributed by atoms with Crippen LogP contribution in [0.2, 0.25) is 5.02 Å². The molecule has 2 saturated heterocycles. The number of methoxy groups -OCH3 is 1. The van der Waals surface area contributed by atoms with Gasteiger partial charge in [-0.05, 0) is 55.6 Å². The molecule has 11 nitrogen and oxygen atoms in total. The van der Waals surface area contributed by atoms with Crippen molar-refractivity contribution in [3.63, 3.8) is 0 Å². The highest BCUT2D eigenvalue weighted by atomic mass is 35.5. The Kier molecular flexibility index (Phi) is 9.68. The van der Waals surface area contributed by atoms with Gasteiger partial charge in [-0.15, -0.1) is 0 Å². The summed E-state index contributed by atoms with van der Waals surface area (Å²) in [7, 11) is 1.62. The number of pyridine rings is 2. The molecule has 0 saturated carbocycles. The van der Waals surface area contributed by atoms with Crippen LogP contribution in [0, 0.1) is 29.6 Å². The zero-order valence-corrected chi connectivity index (χ0v) is 29.3. The van der Waals surface area contributed by atoms with E-state index in [1.807, 2.05) is 55.5 Å². The molecular weight excluding hydrogens is 668 g/mol. The molecule has 262 valence electrons. The third kappa shape index (κ3) is 6.76. The van der Waals surface area contributed by atoms with Gasteiger partial charge in [-0.3, -0.25) is 15.1 Å². The van der Waals surface area contributed by atoms with E-state index < -0.39 is 5.97 Å². The number of hydrogen-bond donors (Lipinski definition) is 3. The van der Waals surface area contributed by atoms with Crippen molar-refractivity contribution in [2.45, 2.75) is 39.0 Å². The first-order chi connectivity index (χ1) is 24.6. The summed E-state index contributed by atoms with van der Waals surface area (Å²) in [6.45, 7) is 6.35. The first-order valence-electron chi connectivity index (χ1n) is 17.1. The van der Waals surface area contributed by atoms with E-state index in [0.717, 1.165) is 46.5 Å². The minimum absolute atomic E-state index is 0.204. The summed E-state index contributed by atoms with van der Waals surface area (Å²) in [6, 6.07) is 19.8. The number of aliphatic hydroxyl groups is 1. The second kappa shape index (κ2) is 14.3. The zero-order chi connectivity index (χ0) is 35.8. The number of rotatable bonds is 10. The molecular formula is C39H39ClN6O5. The number of ether oxygens (including phenoxy) is 1. The number of benzene rings is 2. The average Bonchev–Trinajstić information content (AvgIpc) is 3.89. The van der Waals surface area contributed by atoms with E-state index in [-0.39, 0.29) is 17.5 Å². The highest BCUT2D eigenvalue weighted by molar-refractivity contribution is 6.36. The molecule has 5 heterocycles. The van der Waals surface area contributed by atoms with E-state index in [9.17, 15) is 20.3 Å². The van der Waals surface area contributed by atoms with Gasteiger partial charge in [-0.25, -0.2) is 4.98 Å². The van der Waals surface area contributed by atoms with Crippen molar-refractivity contribution in [1.82, 2.24) is 19.4 Å². The van der Waals surface area contributed by atoms with Crippen LogP contribution < -0.4 is 10.2 Å². The molecule has 0 aliphatic carbocycles. The molecule has 2 aliphatic rings.